The number of hydrogen-bond donors (Lipinski definition) is 1. The van der Waals surface area contributed by atoms with Crippen LogP contribution in [0.2, 0.25) is 0 Å². The van der Waals surface area contributed by atoms with E-state index in [1.807, 2.05) is 0 Å². The third-order valence-electron chi connectivity index (χ3n) is 0.942. The minimum atomic E-state index is -6.44. The van der Waals surface area contributed by atoms with Gasteiger partial charge < -0.3 is 0 Å². The second kappa shape index (κ2) is 4.80. The number of rotatable bonds is 6. The van der Waals surface area contributed by atoms with Crippen molar-refractivity contribution in [2.24, 2.45) is 0 Å². The minimum absolute atomic E-state index is 2.23. The first kappa shape index (κ1) is 15.5. The van der Waals surface area contributed by atoms with Gasteiger partial charge in [0.1, 0.15) is 0 Å². The summed E-state index contributed by atoms with van der Waals surface area (Å²) in [5.74, 6) is 0. The largest absolute Gasteiger partial charge is 0.720 e. The molecule has 0 amide bonds. The molecule has 0 spiro atoms. The molecule has 0 aromatic rings. The fourth-order valence-corrected chi connectivity index (χ4v) is 1.86. The highest BCUT2D eigenvalue weighted by Gasteiger charge is 2.60. The van der Waals surface area contributed by atoms with Crippen molar-refractivity contribution in [2.75, 3.05) is 0 Å². The highest BCUT2D eigenvalue weighted by Crippen LogP contribution is 2.29. The Kier molecular flexibility index (Phi) is 4.66. The molecule has 0 bridgehead atoms. The zero-order valence-corrected chi connectivity index (χ0v) is 8.34. The van der Waals surface area contributed by atoms with E-state index in [0.717, 1.165) is 0 Å². The fraction of sp³-hybridized carbons (Fsp3) is 1.00. The summed E-state index contributed by atoms with van der Waals surface area (Å²) in [7, 11) is -16.3. The summed E-state index contributed by atoms with van der Waals surface area (Å²) in [4.78, 5) is 4.47. The van der Waals surface area contributed by atoms with Crippen molar-refractivity contribution in [3.63, 3.8) is 0 Å². The smallest absolute Gasteiger partial charge is 0.280 e. The average Bonchev–Trinajstić information content (AvgIpc) is 2.12. The Hall–Kier alpha value is -0.475. The molecule has 96 valence electrons. The first-order chi connectivity index (χ1) is 6.99. The molecule has 0 radical (unpaired) electrons. The van der Waals surface area contributed by atoms with E-state index in [2.05, 4.69) is 13.8 Å². The summed E-state index contributed by atoms with van der Waals surface area (Å²) in [5.41, 5.74) is 0. The number of alkyl halides is 2. The second-order valence-electron chi connectivity index (χ2n) is 1.96. The molecule has 0 heterocycles. The third kappa shape index (κ3) is 3.02. The molecule has 0 atom stereocenters. The predicted octanol–water partition coefficient (Wildman–Crippen LogP) is -0.442. The van der Waals surface area contributed by atoms with Crippen molar-refractivity contribution in [1.29, 1.82) is 0 Å². The van der Waals surface area contributed by atoms with E-state index in [4.69, 9.17) is 4.55 Å². The van der Waals surface area contributed by atoms with E-state index in [1.54, 1.807) is 0 Å². The Morgan fingerprint density at radius 3 is 1.69 bits per heavy atom. The van der Waals surface area contributed by atoms with E-state index < -0.39 is 32.1 Å². The second-order valence-corrected chi connectivity index (χ2v) is 5.29. The van der Waals surface area contributed by atoms with E-state index in [-0.39, 0.29) is 0 Å². The first-order valence-electron chi connectivity index (χ1n) is 2.82. The Labute approximate surface area is 85.9 Å². The van der Waals surface area contributed by atoms with Crippen LogP contribution in [0.1, 0.15) is 0 Å². The SMILES string of the molecule is O=S(=O)(O)C(F)(F)S(=O)(=O)OB(OF)OF. The Bertz CT molecular complexity index is 423. The van der Waals surface area contributed by atoms with Gasteiger partial charge in [-0.25, -0.2) is 0 Å². The molecular weight excluding hydrogens is 291 g/mol. The summed E-state index contributed by atoms with van der Waals surface area (Å²) in [5, 5.41) is 0. The topological polar surface area (TPSA) is 116 Å². The molecule has 0 rings (SSSR count). The summed E-state index contributed by atoms with van der Waals surface area (Å²) in [6.45, 7) is 0. The Balaban J connectivity index is 5.24. The summed E-state index contributed by atoms with van der Waals surface area (Å²) in [6, 6.07) is 0. The molecule has 0 aromatic carbocycles. The average molecular weight is 292 g/mol. The maximum Gasteiger partial charge on any atom is 0.720 e. The molecule has 0 fully saturated rings. The van der Waals surface area contributed by atoms with Crippen LogP contribution in [-0.4, -0.2) is 33.3 Å². The van der Waals surface area contributed by atoms with Crippen molar-refractivity contribution >= 4 is 27.6 Å². The van der Waals surface area contributed by atoms with Crippen LogP contribution in [0.25, 0.3) is 0 Å². The molecule has 0 aliphatic carbocycles. The van der Waals surface area contributed by atoms with Gasteiger partial charge in [0.25, 0.3) is 0 Å². The van der Waals surface area contributed by atoms with Crippen LogP contribution in [0.3, 0.4) is 0 Å². The molecule has 16 heavy (non-hydrogen) atoms. The Morgan fingerprint density at radius 1 is 1.06 bits per heavy atom. The van der Waals surface area contributed by atoms with Gasteiger partial charge >= 0.3 is 32.1 Å². The van der Waals surface area contributed by atoms with Gasteiger partial charge in [-0.2, -0.15) is 35.3 Å². The van der Waals surface area contributed by atoms with E-state index in [0.29, 0.717) is 0 Å². The Morgan fingerprint density at radius 2 is 1.44 bits per heavy atom. The van der Waals surface area contributed by atoms with Gasteiger partial charge in [0.2, 0.25) is 0 Å². The summed E-state index contributed by atoms with van der Waals surface area (Å²) < 4.78 is 92.7. The molecular formula is CHBF4O8S2. The highest BCUT2D eigenvalue weighted by atomic mass is 32.3. The molecule has 0 saturated carbocycles. The zero-order valence-electron chi connectivity index (χ0n) is 6.71. The van der Waals surface area contributed by atoms with Gasteiger partial charge in [-0.05, 0) is 0 Å². The molecule has 0 aliphatic heterocycles. The normalized spacial score (nSPS) is 13.8. The van der Waals surface area contributed by atoms with Crippen LogP contribution in [0.4, 0.5) is 17.8 Å². The van der Waals surface area contributed by atoms with Gasteiger partial charge in [-0.15, -0.1) is 0 Å². The number of hydrogen-bond acceptors (Lipinski definition) is 7. The third-order valence-corrected chi connectivity index (χ3v) is 3.78. The lowest BCUT2D eigenvalue weighted by molar-refractivity contribution is -0.129. The fourth-order valence-electron chi connectivity index (χ4n) is 0.332. The molecule has 1 N–H and O–H groups in total. The van der Waals surface area contributed by atoms with Crippen LogP contribution >= 0.6 is 0 Å². The van der Waals surface area contributed by atoms with Crippen LogP contribution < -0.4 is 0 Å². The highest BCUT2D eigenvalue weighted by molar-refractivity contribution is 8.05. The standard InChI is InChI=1S/CHBF4O8S2/c3-1(4,15(7,8)9)16(10,11)14-2(12-5)13-6/h(H,7,8,9). The quantitative estimate of drug-likeness (QED) is 0.398. The lowest BCUT2D eigenvalue weighted by Gasteiger charge is -2.13. The predicted molar refractivity (Wildman–Crippen MR) is 36.6 cm³/mol. The van der Waals surface area contributed by atoms with Crippen LogP contribution in [-0.2, 0) is 34.1 Å². The van der Waals surface area contributed by atoms with Crippen LogP contribution in [0.15, 0.2) is 0 Å². The van der Waals surface area contributed by atoms with Gasteiger partial charge in [-0.1, -0.05) is 9.05 Å². The molecule has 15 heteroatoms. The van der Waals surface area contributed by atoms with Gasteiger partial charge in [-0.3, -0.25) is 8.65 Å². The number of halogens is 4. The van der Waals surface area contributed by atoms with Crippen molar-refractivity contribution in [3.05, 3.63) is 0 Å². The van der Waals surface area contributed by atoms with E-state index >= 15 is 0 Å². The minimum Gasteiger partial charge on any atom is -0.280 e. The van der Waals surface area contributed by atoms with Gasteiger partial charge in [0.05, 0.1) is 0 Å². The monoisotopic (exact) mass is 292 g/mol. The van der Waals surface area contributed by atoms with Crippen molar-refractivity contribution in [1.82, 2.24) is 0 Å². The maximum absolute atomic E-state index is 12.4. The van der Waals surface area contributed by atoms with Gasteiger partial charge in [0, 0.05) is 0 Å². The van der Waals surface area contributed by atoms with Crippen molar-refractivity contribution in [3.8, 4) is 0 Å². The van der Waals surface area contributed by atoms with Crippen molar-refractivity contribution < 1.29 is 53.0 Å². The first-order valence-corrected chi connectivity index (χ1v) is 5.67. The summed E-state index contributed by atoms with van der Waals surface area (Å²) in [6.07, 6.45) is 0. The molecule has 0 saturated heterocycles. The van der Waals surface area contributed by atoms with E-state index in [1.165, 1.54) is 0 Å². The molecule has 0 aromatic heterocycles. The van der Waals surface area contributed by atoms with Gasteiger partial charge in [0.15, 0.2) is 0 Å². The summed E-state index contributed by atoms with van der Waals surface area (Å²) >= 11 is 0. The molecule has 8 nitrogen and oxygen atoms in total. The van der Waals surface area contributed by atoms with Crippen LogP contribution in [0.5, 0.6) is 0 Å². The maximum atomic E-state index is 12.4. The van der Waals surface area contributed by atoms with Crippen molar-refractivity contribution in [2.45, 2.75) is 4.59 Å². The lowest BCUT2D eigenvalue weighted by atomic mass is 10.3. The molecule has 0 aliphatic rings. The zero-order chi connectivity index (χ0) is 13.2. The van der Waals surface area contributed by atoms with Crippen LogP contribution in [0, 0.1) is 0 Å². The lowest BCUT2D eigenvalue weighted by Crippen LogP contribution is -2.42. The molecule has 0 unspecified atom stereocenters. The van der Waals surface area contributed by atoms with E-state index in [9.17, 15) is 34.7 Å².